The molecule has 0 saturated carbocycles. The van der Waals surface area contributed by atoms with Gasteiger partial charge < -0.3 is 10.6 Å². The molecule has 0 bridgehead atoms. The molecule has 19 heavy (non-hydrogen) atoms. The molecule has 1 heterocycles. The van der Waals surface area contributed by atoms with Gasteiger partial charge in [0, 0.05) is 18.2 Å². The molecule has 0 aromatic heterocycles. The van der Waals surface area contributed by atoms with Gasteiger partial charge in [0.25, 0.3) is 5.91 Å². The molecule has 0 aliphatic carbocycles. The lowest BCUT2D eigenvalue weighted by Crippen LogP contribution is -2.34. The summed E-state index contributed by atoms with van der Waals surface area (Å²) in [6.45, 7) is 5.43. The quantitative estimate of drug-likeness (QED) is 0.780. The summed E-state index contributed by atoms with van der Waals surface area (Å²) in [4.78, 5) is 14.6. The number of nitrogens with zero attached hydrogens (tertiary/aromatic N) is 1. The molecule has 1 fully saturated rings. The SMILES string of the molecule is CC1CC(C)N(C(=O)c2ccccc2C#CCN)C1. The minimum atomic E-state index is 0.0822. The van der Waals surface area contributed by atoms with Gasteiger partial charge in [-0.2, -0.15) is 0 Å². The van der Waals surface area contributed by atoms with Crippen molar-refractivity contribution in [1.29, 1.82) is 0 Å². The number of nitrogens with two attached hydrogens (primary N) is 1. The highest BCUT2D eigenvalue weighted by atomic mass is 16.2. The molecule has 2 N–H and O–H groups in total. The Balaban J connectivity index is 2.29. The van der Waals surface area contributed by atoms with Crippen LogP contribution in [0, 0.1) is 17.8 Å². The standard InChI is InChI=1S/C16H20N2O/c1-12-10-13(2)18(11-12)16(19)15-8-4-3-6-14(15)7-5-9-17/h3-4,6,8,12-13H,9-11,17H2,1-2H3. The number of benzene rings is 1. The zero-order valence-corrected chi connectivity index (χ0v) is 11.5. The van der Waals surface area contributed by atoms with Gasteiger partial charge >= 0.3 is 0 Å². The van der Waals surface area contributed by atoms with E-state index < -0.39 is 0 Å². The molecular weight excluding hydrogens is 236 g/mol. The molecule has 2 unspecified atom stereocenters. The van der Waals surface area contributed by atoms with Crippen LogP contribution in [0.4, 0.5) is 0 Å². The Labute approximate surface area is 114 Å². The Bertz CT molecular complexity index is 527. The van der Waals surface area contributed by atoms with Crippen LogP contribution in [-0.4, -0.2) is 29.9 Å². The van der Waals surface area contributed by atoms with Crippen LogP contribution in [0.5, 0.6) is 0 Å². The second kappa shape index (κ2) is 5.90. The highest BCUT2D eigenvalue weighted by molar-refractivity contribution is 5.97. The van der Waals surface area contributed by atoms with Gasteiger partial charge in [-0.1, -0.05) is 30.9 Å². The molecule has 1 amide bonds. The van der Waals surface area contributed by atoms with E-state index in [0.29, 0.717) is 24.1 Å². The summed E-state index contributed by atoms with van der Waals surface area (Å²) in [6.07, 6.45) is 1.07. The van der Waals surface area contributed by atoms with Crippen LogP contribution in [-0.2, 0) is 0 Å². The van der Waals surface area contributed by atoms with Crippen molar-refractivity contribution in [3.05, 3.63) is 35.4 Å². The third kappa shape index (κ3) is 2.97. The molecular formula is C16H20N2O. The summed E-state index contributed by atoms with van der Waals surface area (Å²) >= 11 is 0. The molecule has 0 spiro atoms. The average molecular weight is 256 g/mol. The van der Waals surface area contributed by atoms with Crippen molar-refractivity contribution in [1.82, 2.24) is 4.90 Å². The number of carbonyl (C=O) groups is 1. The number of hydrogen-bond donors (Lipinski definition) is 1. The maximum atomic E-state index is 12.6. The Kier molecular flexibility index (Phi) is 4.24. The number of hydrogen-bond acceptors (Lipinski definition) is 2. The van der Waals surface area contributed by atoms with E-state index in [1.54, 1.807) is 0 Å². The van der Waals surface area contributed by atoms with Gasteiger partial charge in [0.2, 0.25) is 0 Å². The minimum Gasteiger partial charge on any atom is -0.336 e. The number of likely N-dealkylation sites (tertiary alicyclic amines) is 1. The van der Waals surface area contributed by atoms with E-state index in [1.807, 2.05) is 29.2 Å². The lowest BCUT2D eigenvalue weighted by Gasteiger charge is -2.22. The topological polar surface area (TPSA) is 46.3 Å². The van der Waals surface area contributed by atoms with Gasteiger partial charge in [-0.3, -0.25) is 4.79 Å². The van der Waals surface area contributed by atoms with Gasteiger partial charge in [0.05, 0.1) is 12.1 Å². The maximum Gasteiger partial charge on any atom is 0.255 e. The molecule has 1 aliphatic rings. The summed E-state index contributed by atoms with van der Waals surface area (Å²) < 4.78 is 0. The monoisotopic (exact) mass is 256 g/mol. The van der Waals surface area contributed by atoms with Crippen LogP contribution in [0.25, 0.3) is 0 Å². The zero-order chi connectivity index (χ0) is 13.8. The van der Waals surface area contributed by atoms with Crippen LogP contribution in [0.3, 0.4) is 0 Å². The number of carbonyl (C=O) groups excluding carboxylic acids is 1. The van der Waals surface area contributed by atoms with Gasteiger partial charge in [-0.25, -0.2) is 0 Å². The zero-order valence-electron chi connectivity index (χ0n) is 11.5. The Morgan fingerprint density at radius 3 is 2.79 bits per heavy atom. The third-order valence-electron chi connectivity index (χ3n) is 3.53. The Morgan fingerprint density at radius 2 is 2.16 bits per heavy atom. The highest BCUT2D eigenvalue weighted by Gasteiger charge is 2.31. The van der Waals surface area contributed by atoms with Crippen molar-refractivity contribution in [2.75, 3.05) is 13.1 Å². The van der Waals surface area contributed by atoms with E-state index in [0.717, 1.165) is 18.5 Å². The number of amides is 1. The van der Waals surface area contributed by atoms with E-state index in [1.165, 1.54) is 0 Å². The molecule has 1 aromatic rings. The van der Waals surface area contributed by atoms with Crippen molar-refractivity contribution < 1.29 is 4.79 Å². The van der Waals surface area contributed by atoms with Crippen molar-refractivity contribution in [3.63, 3.8) is 0 Å². The second-order valence-corrected chi connectivity index (χ2v) is 5.20. The van der Waals surface area contributed by atoms with E-state index >= 15 is 0 Å². The Hall–Kier alpha value is -1.79. The highest BCUT2D eigenvalue weighted by Crippen LogP contribution is 2.25. The van der Waals surface area contributed by atoms with Gasteiger partial charge in [-0.15, -0.1) is 0 Å². The van der Waals surface area contributed by atoms with Crippen LogP contribution in [0.15, 0.2) is 24.3 Å². The first-order valence-corrected chi connectivity index (χ1v) is 6.72. The first-order valence-electron chi connectivity index (χ1n) is 6.72. The predicted molar refractivity (Wildman–Crippen MR) is 76.7 cm³/mol. The first kappa shape index (κ1) is 13.6. The Morgan fingerprint density at radius 1 is 1.42 bits per heavy atom. The van der Waals surface area contributed by atoms with E-state index in [4.69, 9.17) is 5.73 Å². The summed E-state index contributed by atoms with van der Waals surface area (Å²) in [5, 5.41) is 0. The van der Waals surface area contributed by atoms with Crippen molar-refractivity contribution >= 4 is 5.91 Å². The molecule has 1 aliphatic heterocycles. The fourth-order valence-corrected chi connectivity index (χ4v) is 2.66. The fourth-order valence-electron chi connectivity index (χ4n) is 2.66. The maximum absolute atomic E-state index is 12.6. The molecule has 2 rings (SSSR count). The lowest BCUT2D eigenvalue weighted by atomic mass is 10.1. The lowest BCUT2D eigenvalue weighted by molar-refractivity contribution is 0.0743. The summed E-state index contributed by atoms with van der Waals surface area (Å²) in [6, 6.07) is 7.80. The number of rotatable bonds is 1. The fraction of sp³-hybridized carbons (Fsp3) is 0.438. The van der Waals surface area contributed by atoms with Crippen LogP contribution in [0.2, 0.25) is 0 Å². The smallest absolute Gasteiger partial charge is 0.255 e. The van der Waals surface area contributed by atoms with Crippen LogP contribution < -0.4 is 5.73 Å². The largest absolute Gasteiger partial charge is 0.336 e. The molecule has 0 radical (unpaired) electrons. The molecule has 100 valence electrons. The molecule has 1 aromatic carbocycles. The van der Waals surface area contributed by atoms with Crippen molar-refractivity contribution in [2.45, 2.75) is 26.3 Å². The molecule has 3 nitrogen and oxygen atoms in total. The third-order valence-corrected chi connectivity index (χ3v) is 3.53. The van der Waals surface area contributed by atoms with Crippen LogP contribution >= 0.6 is 0 Å². The minimum absolute atomic E-state index is 0.0822. The van der Waals surface area contributed by atoms with E-state index in [-0.39, 0.29) is 5.91 Å². The van der Waals surface area contributed by atoms with Gasteiger partial charge in [0.15, 0.2) is 0 Å². The van der Waals surface area contributed by atoms with E-state index in [2.05, 4.69) is 25.7 Å². The normalized spacial score (nSPS) is 21.9. The summed E-state index contributed by atoms with van der Waals surface area (Å²) in [5.41, 5.74) is 6.85. The summed E-state index contributed by atoms with van der Waals surface area (Å²) in [5.74, 6) is 6.45. The van der Waals surface area contributed by atoms with Crippen molar-refractivity contribution in [2.24, 2.45) is 11.7 Å². The molecule has 1 saturated heterocycles. The van der Waals surface area contributed by atoms with Crippen LogP contribution in [0.1, 0.15) is 36.2 Å². The molecule has 2 atom stereocenters. The molecule has 3 heteroatoms. The van der Waals surface area contributed by atoms with E-state index in [9.17, 15) is 4.79 Å². The first-order chi connectivity index (χ1) is 9.13. The second-order valence-electron chi connectivity index (χ2n) is 5.20. The predicted octanol–water partition coefficient (Wildman–Crippen LogP) is 1.87. The van der Waals surface area contributed by atoms with Crippen molar-refractivity contribution in [3.8, 4) is 11.8 Å². The van der Waals surface area contributed by atoms with Gasteiger partial charge in [0.1, 0.15) is 0 Å². The summed E-state index contributed by atoms with van der Waals surface area (Å²) in [7, 11) is 0. The average Bonchev–Trinajstić information content (AvgIpc) is 2.75. The van der Waals surface area contributed by atoms with Gasteiger partial charge in [-0.05, 0) is 31.4 Å².